The normalized spacial score (nSPS) is 21.6. The molecule has 1 heterocycles. The Hall–Kier alpha value is -1.91. The molecule has 4 nitrogen and oxygen atoms in total. The van der Waals surface area contributed by atoms with E-state index < -0.39 is 17.2 Å². The monoisotopic (exact) mass is 293 g/mol. The molecule has 0 aromatic heterocycles. The summed E-state index contributed by atoms with van der Waals surface area (Å²) < 4.78 is 13.6. The van der Waals surface area contributed by atoms with E-state index in [-0.39, 0.29) is 18.0 Å². The van der Waals surface area contributed by atoms with Crippen molar-refractivity contribution in [2.75, 3.05) is 13.1 Å². The van der Waals surface area contributed by atoms with Crippen LogP contribution in [-0.2, 0) is 4.79 Å². The van der Waals surface area contributed by atoms with Crippen molar-refractivity contribution < 1.29 is 19.1 Å². The predicted molar refractivity (Wildman–Crippen MR) is 76.6 cm³/mol. The van der Waals surface area contributed by atoms with Gasteiger partial charge in [0.25, 0.3) is 5.91 Å². The molecule has 114 valence electrons. The summed E-state index contributed by atoms with van der Waals surface area (Å²) >= 11 is 0. The fourth-order valence-corrected chi connectivity index (χ4v) is 2.92. The van der Waals surface area contributed by atoms with Crippen molar-refractivity contribution in [3.63, 3.8) is 0 Å². The number of carboxylic acids is 1. The molecule has 1 amide bonds. The number of nitrogens with zero attached hydrogens (tertiary/aromatic N) is 1. The molecule has 1 unspecified atom stereocenters. The molecular weight excluding hydrogens is 273 g/mol. The average Bonchev–Trinajstić information content (AvgIpc) is 2.87. The van der Waals surface area contributed by atoms with E-state index in [1.807, 2.05) is 6.92 Å². The highest BCUT2D eigenvalue weighted by atomic mass is 19.1. The molecule has 0 bridgehead atoms. The van der Waals surface area contributed by atoms with E-state index in [2.05, 4.69) is 0 Å². The number of carboxylic acid groups (broad SMARTS) is 1. The molecule has 0 radical (unpaired) electrons. The summed E-state index contributed by atoms with van der Waals surface area (Å²) in [5, 5.41) is 9.45. The molecule has 2 rings (SSSR count). The van der Waals surface area contributed by atoms with E-state index in [0.29, 0.717) is 24.9 Å². The SMILES string of the molecule is CCCC1(C(=O)O)CCN(C(=O)c2ccc(C)c(F)c2)C1. The van der Waals surface area contributed by atoms with Gasteiger partial charge in [0, 0.05) is 18.7 Å². The molecule has 1 fully saturated rings. The Balaban J connectivity index is 2.18. The second-order valence-electron chi connectivity index (χ2n) is 5.78. The molecule has 1 aromatic rings. The molecule has 5 heteroatoms. The van der Waals surface area contributed by atoms with Crippen molar-refractivity contribution in [1.29, 1.82) is 0 Å². The fourth-order valence-electron chi connectivity index (χ4n) is 2.92. The minimum absolute atomic E-state index is 0.199. The highest BCUT2D eigenvalue weighted by Crippen LogP contribution is 2.36. The summed E-state index contributed by atoms with van der Waals surface area (Å²) in [4.78, 5) is 25.4. The molecule has 1 saturated heterocycles. The largest absolute Gasteiger partial charge is 0.481 e. The van der Waals surface area contributed by atoms with E-state index in [1.165, 1.54) is 11.0 Å². The Labute approximate surface area is 123 Å². The van der Waals surface area contributed by atoms with Gasteiger partial charge in [-0.15, -0.1) is 0 Å². The van der Waals surface area contributed by atoms with Gasteiger partial charge in [-0.2, -0.15) is 0 Å². The van der Waals surface area contributed by atoms with E-state index in [1.54, 1.807) is 19.1 Å². The number of carbonyl (C=O) groups excluding carboxylic acids is 1. The molecule has 1 N–H and O–H groups in total. The third-order valence-corrected chi connectivity index (χ3v) is 4.24. The van der Waals surface area contributed by atoms with E-state index in [4.69, 9.17) is 0 Å². The topological polar surface area (TPSA) is 57.6 Å². The van der Waals surface area contributed by atoms with Crippen LogP contribution in [0.25, 0.3) is 0 Å². The highest BCUT2D eigenvalue weighted by Gasteiger charge is 2.45. The maximum atomic E-state index is 13.6. The molecule has 21 heavy (non-hydrogen) atoms. The van der Waals surface area contributed by atoms with Crippen LogP contribution < -0.4 is 0 Å². The molecule has 0 saturated carbocycles. The van der Waals surface area contributed by atoms with Crippen molar-refractivity contribution in [3.05, 3.63) is 35.1 Å². The van der Waals surface area contributed by atoms with Crippen LogP contribution in [-0.4, -0.2) is 35.0 Å². The van der Waals surface area contributed by atoms with Crippen molar-refractivity contribution in [2.24, 2.45) is 5.41 Å². The maximum Gasteiger partial charge on any atom is 0.311 e. The van der Waals surface area contributed by atoms with Gasteiger partial charge in [0.05, 0.1) is 5.41 Å². The van der Waals surface area contributed by atoms with Gasteiger partial charge >= 0.3 is 5.97 Å². The lowest BCUT2D eigenvalue weighted by molar-refractivity contribution is -0.148. The second kappa shape index (κ2) is 5.84. The first kappa shape index (κ1) is 15.5. The summed E-state index contributed by atoms with van der Waals surface area (Å²) in [5.74, 6) is -1.57. The van der Waals surface area contributed by atoms with Gasteiger partial charge < -0.3 is 10.0 Å². The van der Waals surface area contributed by atoms with E-state index >= 15 is 0 Å². The lowest BCUT2D eigenvalue weighted by Gasteiger charge is -2.24. The number of rotatable bonds is 4. The molecule has 1 atom stereocenters. The molecular formula is C16H20FNO3. The standard InChI is InChI=1S/C16H20FNO3/c1-3-6-16(15(20)21)7-8-18(10-16)14(19)12-5-4-11(2)13(17)9-12/h4-5,9H,3,6-8,10H2,1-2H3,(H,20,21). The number of carbonyl (C=O) groups is 2. The van der Waals surface area contributed by atoms with E-state index in [9.17, 15) is 19.1 Å². The minimum atomic E-state index is -0.854. The van der Waals surface area contributed by atoms with E-state index in [0.717, 1.165) is 6.42 Å². The van der Waals surface area contributed by atoms with Crippen LogP contribution in [0.1, 0.15) is 42.1 Å². The van der Waals surface area contributed by atoms with Gasteiger partial charge in [-0.05, 0) is 37.5 Å². The number of benzene rings is 1. The number of aryl methyl sites for hydroxylation is 1. The van der Waals surface area contributed by atoms with Crippen LogP contribution in [0.2, 0.25) is 0 Å². The van der Waals surface area contributed by atoms with Gasteiger partial charge in [-0.25, -0.2) is 4.39 Å². The van der Waals surface area contributed by atoms with Crippen molar-refractivity contribution in [3.8, 4) is 0 Å². The van der Waals surface area contributed by atoms with Gasteiger partial charge in [-0.3, -0.25) is 9.59 Å². The van der Waals surface area contributed by atoms with Crippen LogP contribution in [0.5, 0.6) is 0 Å². The van der Waals surface area contributed by atoms with Crippen molar-refractivity contribution in [2.45, 2.75) is 33.1 Å². The molecule has 1 aromatic carbocycles. The first-order chi connectivity index (χ1) is 9.89. The van der Waals surface area contributed by atoms with Gasteiger partial charge in [0.1, 0.15) is 5.82 Å². The van der Waals surface area contributed by atoms with Crippen LogP contribution in [0, 0.1) is 18.2 Å². The number of halogens is 1. The van der Waals surface area contributed by atoms with Crippen molar-refractivity contribution >= 4 is 11.9 Å². The Bertz CT molecular complexity index is 573. The fraction of sp³-hybridized carbons (Fsp3) is 0.500. The highest BCUT2D eigenvalue weighted by molar-refractivity contribution is 5.95. The third kappa shape index (κ3) is 2.91. The number of hydrogen-bond donors (Lipinski definition) is 1. The van der Waals surface area contributed by atoms with Gasteiger partial charge in [0.15, 0.2) is 0 Å². The zero-order valence-corrected chi connectivity index (χ0v) is 12.4. The Morgan fingerprint density at radius 1 is 1.43 bits per heavy atom. The number of aliphatic carboxylic acids is 1. The van der Waals surface area contributed by atoms with Crippen molar-refractivity contribution in [1.82, 2.24) is 4.90 Å². The van der Waals surface area contributed by atoms with Gasteiger partial charge in [0.2, 0.25) is 0 Å². The summed E-state index contributed by atoms with van der Waals surface area (Å²) in [7, 11) is 0. The Morgan fingerprint density at radius 3 is 2.71 bits per heavy atom. The summed E-state index contributed by atoms with van der Waals surface area (Å²) in [5.41, 5.74) is -0.0946. The predicted octanol–water partition coefficient (Wildman–Crippen LogP) is 2.85. The second-order valence-corrected chi connectivity index (χ2v) is 5.78. The quantitative estimate of drug-likeness (QED) is 0.928. The first-order valence-corrected chi connectivity index (χ1v) is 7.18. The van der Waals surface area contributed by atoms with Crippen LogP contribution >= 0.6 is 0 Å². The van der Waals surface area contributed by atoms with Crippen LogP contribution in [0.4, 0.5) is 4.39 Å². The minimum Gasteiger partial charge on any atom is -0.481 e. The number of amides is 1. The number of likely N-dealkylation sites (tertiary alicyclic amines) is 1. The lowest BCUT2D eigenvalue weighted by atomic mass is 9.83. The lowest BCUT2D eigenvalue weighted by Crippen LogP contribution is -2.37. The number of hydrogen-bond acceptors (Lipinski definition) is 2. The zero-order valence-electron chi connectivity index (χ0n) is 12.4. The third-order valence-electron chi connectivity index (χ3n) is 4.24. The average molecular weight is 293 g/mol. The Morgan fingerprint density at radius 2 is 2.14 bits per heavy atom. The van der Waals surface area contributed by atoms with Crippen LogP contribution in [0.15, 0.2) is 18.2 Å². The zero-order chi connectivity index (χ0) is 15.6. The molecule has 1 aliphatic heterocycles. The first-order valence-electron chi connectivity index (χ1n) is 7.18. The molecule has 0 spiro atoms. The molecule has 1 aliphatic rings. The smallest absolute Gasteiger partial charge is 0.311 e. The van der Waals surface area contributed by atoms with Crippen LogP contribution in [0.3, 0.4) is 0 Å². The Kier molecular flexibility index (Phi) is 4.30. The van der Waals surface area contributed by atoms with Gasteiger partial charge in [-0.1, -0.05) is 19.4 Å². The summed E-state index contributed by atoms with van der Waals surface area (Å²) in [6.07, 6.45) is 1.76. The summed E-state index contributed by atoms with van der Waals surface area (Å²) in [6.45, 7) is 4.17. The molecule has 0 aliphatic carbocycles. The maximum absolute atomic E-state index is 13.6. The summed E-state index contributed by atoms with van der Waals surface area (Å²) in [6, 6.07) is 4.37.